The predicted molar refractivity (Wildman–Crippen MR) is 81.5 cm³/mol. The molecule has 120 valence electrons. The third-order valence-corrected chi connectivity index (χ3v) is 3.18. The number of carboxylic acid groups (broad SMARTS) is 1. The van der Waals surface area contributed by atoms with Gasteiger partial charge < -0.3 is 20.5 Å². The molecule has 0 bridgehead atoms. The number of nitrogens with zero attached hydrogens (tertiary/aromatic N) is 2. The number of aromatic nitrogens is 2. The monoisotopic (exact) mass is 317 g/mol. The van der Waals surface area contributed by atoms with Crippen molar-refractivity contribution < 1.29 is 24.7 Å². The fourth-order valence-electron chi connectivity index (χ4n) is 2.03. The van der Waals surface area contributed by atoms with E-state index in [0.29, 0.717) is 0 Å². The quantitative estimate of drug-likeness (QED) is 0.502. The van der Waals surface area contributed by atoms with Crippen molar-refractivity contribution in [1.82, 2.24) is 15.1 Å². The number of carboxylic acids is 1. The van der Waals surface area contributed by atoms with E-state index in [2.05, 4.69) is 10.4 Å². The fourth-order valence-corrected chi connectivity index (χ4v) is 2.03. The standard InChI is InChI=1S/C14H16BN3O5/c19-13(6-10-4-2-1-3-5-10)17-12(15(22)23)9-18-8-11(7-16-18)14(20)21/h1-5,7-8,12,22-23H,6,9H2,(H,17,19)(H,20,21)/t12-/m1/s1. The molecule has 8 nitrogen and oxygen atoms in total. The molecular formula is C14H16BN3O5. The molecule has 1 amide bonds. The number of hydrogen-bond donors (Lipinski definition) is 4. The van der Waals surface area contributed by atoms with Crippen molar-refractivity contribution in [3.8, 4) is 0 Å². The largest absolute Gasteiger partial charge is 0.478 e. The van der Waals surface area contributed by atoms with Crippen molar-refractivity contribution in [2.24, 2.45) is 0 Å². The highest BCUT2D eigenvalue weighted by Gasteiger charge is 2.26. The second-order valence-corrected chi connectivity index (χ2v) is 5.01. The van der Waals surface area contributed by atoms with E-state index in [1.54, 1.807) is 24.3 Å². The minimum atomic E-state index is -1.80. The molecule has 0 aliphatic carbocycles. The van der Waals surface area contributed by atoms with Crippen LogP contribution in [0, 0.1) is 0 Å². The Hall–Kier alpha value is -2.65. The first-order chi connectivity index (χ1) is 11.0. The number of nitrogens with one attached hydrogen (secondary N) is 1. The number of carbonyl (C=O) groups excluding carboxylic acids is 1. The zero-order chi connectivity index (χ0) is 16.8. The lowest BCUT2D eigenvalue weighted by molar-refractivity contribution is -0.120. The Kier molecular flexibility index (Phi) is 5.50. The molecule has 23 heavy (non-hydrogen) atoms. The highest BCUT2D eigenvalue weighted by Crippen LogP contribution is 2.02. The maximum atomic E-state index is 12.0. The normalized spacial score (nSPS) is 11.7. The second-order valence-electron chi connectivity index (χ2n) is 5.01. The van der Waals surface area contributed by atoms with Crippen molar-refractivity contribution in [3.05, 3.63) is 53.9 Å². The zero-order valence-electron chi connectivity index (χ0n) is 12.2. The van der Waals surface area contributed by atoms with Gasteiger partial charge in [0.25, 0.3) is 0 Å². The molecule has 2 aromatic rings. The van der Waals surface area contributed by atoms with Crippen LogP contribution in [0.2, 0.25) is 0 Å². The van der Waals surface area contributed by atoms with Gasteiger partial charge in [0.05, 0.1) is 30.7 Å². The average molecular weight is 317 g/mol. The highest BCUT2D eigenvalue weighted by atomic mass is 16.4. The number of hydrogen-bond acceptors (Lipinski definition) is 5. The molecule has 0 spiro atoms. The fraction of sp³-hybridized carbons (Fsp3) is 0.214. The Labute approximate surface area is 132 Å². The van der Waals surface area contributed by atoms with E-state index in [4.69, 9.17) is 5.11 Å². The first-order valence-electron chi connectivity index (χ1n) is 6.91. The number of amides is 1. The van der Waals surface area contributed by atoms with E-state index in [9.17, 15) is 19.6 Å². The molecule has 2 rings (SSSR count). The molecule has 0 aliphatic rings. The van der Waals surface area contributed by atoms with Gasteiger partial charge in [0.15, 0.2) is 0 Å². The van der Waals surface area contributed by atoms with Crippen LogP contribution in [0.25, 0.3) is 0 Å². The summed E-state index contributed by atoms with van der Waals surface area (Å²) in [6, 6.07) is 9.02. The zero-order valence-corrected chi connectivity index (χ0v) is 12.2. The lowest BCUT2D eigenvalue weighted by Gasteiger charge is -2.17. The summed E-state index contributed by atoms with van der Waals surface area (Å²) in [6.45, 7) is -0.0640. The summed E-state index contributed by atoms with van der Waals surface area (Å²) in [7, 11) is -1.80. The lowest BCUT2D eigenvalue weighted by Crippen LogP contribution is -2.49. The van der Waals surface area contributed by atoms with Crippen LogP contribution in [0.5, 0.6) is 0 Å². The summed E-state index contributed by atoms with van der Waals surface area (Å²) >= 11 is 0. The number of rotatable bonds is 7. The molecule has 0 unspecified atom stereocenters. The Morgan fingerprint density at radius 2 is 1.96 bits per heavy atom. The maximum absolute atomic E-state index is 12.0. The summed E-state index contributed by atoms with van der Waals surface area (Å²) in [5, 5.41) is 33.9. The van der Waals surface area contributed by atoms with Crippen LogP contribution in [0.15, 0.2) is 42.7 Å². The van der Waals surface area contributed by atoms with Gasteiger partial charge in [0.2, 0.25) is 5.91 Å². The summed E-state index contributed by atoms with van der Waals surface area (Å²) < 4.78 is 1.23. The summed E-state index contributed by atoms with van der Waals surface area (Å²) in [6.07, 6.45) is 2.50. The third-order valence-electron chi connectivity index (χ3n) is 3.18. The molecule has 1 heterocycles. The minimum absolute atomic E-state index is 0.0215. The number of benzene rings is 1. The maximum Gasteiger partial charge on any atom is 0.477 e. The second kappa shape index (κ2) is 7.57. The van der Waals surface area contributed by atoms with Crippen LogP contribution in [-0.2, 0) is 17.8 Å². The van der Waals surface area contributed by atoms with E-state index >= 15 is 0 Å². The SMILES string of the molecule is O=C(Cc1ccccc1)N[C@H](Cn1cc(C(=O)O)cn1)B(O)O. The molecule has 0 radical (unpaired) electrons. The Morgan fingerprint density at radius 3 is 2.52 bits per heavy atom. The Bertz CT molecular complexity index is 674. The lowest BCUT2D eigenvalue weighted by atomic mass is 9.79. The molecule has 1 aromatic carbocycles. The first-order valence-corrected chi connectivity index (χ1v) is 6.91. The molecule has 4 N–H and O–H groups in total. The predicted octanol–water partition coefficient (Wildman–Crippen LogP) is -0.679. The van der Waals surface area contributed by atoms with Crippen LogP contribution in [0.3, 0.4) is 0 Å². The van der Waals surface area contributed by atoms with Gasteiger partial charge in [0.1, 0.15) is 0 Å². The van der Waals surface area contributed by atoms with Crippen LogP contribution in [0.4, 0.5) is 0 Å². The van der Waals surface area contributed by atoms with Crippen LogP contribution in [-0.4, -0.2) is 49.9 Å². The van der Waals surface area contributed by atoms with Gasteiger partial charge >= 0.3 is 13.1 Å². The molecule has 0 fully saturated rings. The first kappa shape index (κ1) is 16.7. The van der Waals surface area contributed by atoms with Gasteiger partial charge in [-0.15, -0.1) is 0 Å². The smallest absolute Gasteiger partial charge is 0.477 e. The van der Waals surface area contributed by atoms with Gasteiger partial charge in [-0.2, -0.15) is 5.10 Å². The van der Waals surface area contributed by atoms with E-state index < -0.39 is 19.0 Å². The highest BCUT2D eigenvalue weighted by molar-refractivity contribution is 6.43. The van der Waals surface area contributed by atoms with Crippen molar-refractivity contribution >= 4 is 19.0 Å². The van der Waals surface area contributed by atoms with Crippen LogP contribution in [0.1, 0.15) is 15.9 Å². The number of aromatic carboxylic acids is 1. The molecule has 9 heteroatoms. The average Bonchev–Trinajstić information content (AvgIpc) is 2.96. The molecule has 1 atom stereocenters. The molecule has 1 aromatic heterocycles. The summed E-state index contributed by atoms with van der Waals surface area (Å²) in [5.74, 6) is -2.52. The van der Waals surface area contributed by atoms with E-state index in [0.717, 1.165) is 11.8 Å². The van der Waals surface area contributed by atoms with Crippen molar-refractivity contribution in [3.63, 3.8) is 0 Å². The van der Waals surface area contributed by atoms with Crippen LogP contribution < -0.4 is 5.32 Å². The third kappa shape index (κ3) is 4.94. The van der Waals surface area contributed by atoms with Gasteiger partial charge in [-0.05, 0) is 5.56 Å². The minimum Gasteiger partial charge on any atom is -0.478 e. The van der Waals surface area contributed by atoms with Crippen molar-refractivity contribution in [1.29, 1.82) is 0 Å². The van der Waals surface area contributed by atoms with E-state index in [-0.39, 0.29) is 24.4 Å². The Balaban J connectivity index is 1.97. The molecule has 0 saturated heterocycles. The Morgan fingerprint density at radius 1 is 1.26 bits per heavy atom. The van der Waals surface area contributed by atoms with E-state index in [1.807, 2.05) is 6.07 Å². The van der Waals surface area contributed by atoms with Gasteiger partial charge in [0, 0.05) is 6.20 Å². The molecule has 0 aliphatic heterocycles. The van der Waals surface area contributed by atoms with E-state index in [1.165, 1.54) is 10.9 Å². The molecular weight excluding hydrogens is 301 g/mol. The van der Waals surface area contributed by atoms with Crippen LogP contribution >= 0.6 is 0 Å². The van der Waals surface area contributed by atoms with Gasteiger partial charge in [-0.1, -0.05) is 30.3 Å². The summed E-state index contributed by atoms with van der Waals surface area (Å²) in [4.78, 5) is 22.8. The van der Waals surface area contributed by atoms with Gasteiger partial charge in [-0.25, -0.2) is 4.79 Å². The summed E-state index contributed by atoms with van der Waals surface area (Å²) in [5.41, 5.74) is 0.773. The topological polar surface area (TPSA) is 125 Å². The number of carbonyl (C=O) groups is 2. The van der Waals surface area contributed by atoms with Crippen molar-refractivity contribution in [2.45, 2.75) is 18.9 Å². The van der Waals surface area contributed by atoms with Gasteiger partial charge in [-0.3, -0.25) is 9.48 Å². The molecule has 0 saturated carbocycles. The van der Waals surface area contributed by atoms with Crippen molar-refractivity contribution in [2.75, 3.05) is 0 Å².